The Labute approximate surface area is 824 Å². The van der Waals surface area contributed by atoms with Crippen molar-refractivity contribution in [3.8, 4) is 0 Å². The first kappa shape index (κ1) is 114. The van der Waals surface area contributed by atoms with E-state index in [4.69, 9.17) is 25.9 Å². The van der Waals surface area contributed by atoms with Gasteiger partial charge in [0.05, 0.1) is 0 Å². The summed E-state index contributed by atoms with van der Waals surface area (Å²) < 4.78 is 302. The molecule has 0 unspecified atom stereocenters. The molecule has 0 bridgehead atoms. The van der Waals surface area contributed by atoms with E-state index in [1.165, 1.54) is 0 Å². The molecule has 0 aromatic carbocycles. The van der Waals surface area contributed by atoms with E-state index in [0.717, 1.165) is 467 Å². The summed E-state index contributed by atoms with van der Waals surface area (Å²) in [4.78, 5) is 0. The van der Waals surface area contributed by atoms with E-state index in [9.17, 15) is 77.8 Å². The molecule has 0 saturated carbocycles. The molecule has 18 heterocycles. The summed E-state index contributed by atoms with van der Waals surface area (Å²) in [6, 6.07) is 0. The van der Waals surface area contributed by atoms with E-state index in [1.54, 1.807) is 0 Å². The maximum absolute atomic E-state index is 13.7. The van der Waals surface area contributed by atoms with Crippen LogP contribution in [-0.4, -0.2) is 320 Å². The molecule has 132 heavy (non-hydrogen) atoms. The van der Waals surface area contributed by atoms with E-state index in [-0.39, 0.29) is 0 Å². The van der Waals surface area contributed by atoms with Crippen LogP contribution in [0.2, 0.25) is 0 Å². The second-order valence-corrected chi connectivity index (χ2v) is 88.8. The molecule has 0 N–H and O–H groups in total. The molecule has 0 aromatic heterocycles. The van der Waals surface area contributed by atoms with Gasteiger partial charge < -0.3 is 0 Å². The first-order valence-electron chi connectivity index (χ1n) is 48.3. The van der Waals surface area contributed by atoms with Crippen LogP contribution in [-0.2, 0) is 53.3 Å². The molecule has 18 fully saturated rings. The Kier molecular flexibility index (Phi) is 39.5. The van der Waals surface area contributed by atoms with Gasteiger partial charge in [-0.1, -0.05) is 0 Å². The predicted octanol–water partition coefficient (Wildman–Crippen LogP) is 29.2. The number of hydrogen-bond acceptors (Lipinski definition) is 30. The van der Waals surface area contributed by atoms with E-state index in [1.807, 2.05) is 84.1 Å². The molecule has 18 rings (SSSR count). The van der Waals surface area contributed by atoms with E-state index < -0.39 is 83.9 Å². The number of rotatable bonds is 30. The molecule has 18 saturated heterocycles. The van der Waals surface area contributed by atoms with Gasteiger partial charge in [-0.05, 0) is 0 Å². The SMILES string of the molecule is O=P(F)(F)OP(Br)(N1CCCC1)(N1CCCC1)N1CCCC1.O=P(F)(F)OP(Br)(N1CCCC1)(N1CCCC1)N1CCCC1.O=P(F)(F)OP(Br)(N1CCCC1)(N1CCCC1)N1CCCC1.O=P(F)(F)OP(Br)(N1CCCC1)(N1CCCC1)N1CCCC1.O=P(F)(F)OP(Br)(N1CCCC1)(N1CCCC1)N1CCCC1.O=P(F)(F)OP(Br)(N1CCCC1)(N1CCCC1)N1CCCC1. The van der Waals surface area contributed by atoms with Crippen LogP contribution >= 0.6 is 177 Å². The topological polar surface area (TPSA) is 216 Å². The van der Waals surface area contributed by atoms with Crippen molar-refractivity contribution in [2.24, 2.45) is 0 Å². The van der Waals surface area contributed by atoms with Crippen LogP contribution < -0.4 is 0 Å². The molecule has 60 heteroatoms. The van der Waals surface area contributed by atoms with Crippen molar-refractivity contribution >= 4 is 177 Å². The molecule has 0 amide bonds. The number of nitrogens with zero attached hydrogens (tertiary/aromatic N) is 18. The van der Waals surface area contributed by atoms with Gasteiger partial charge in [0.1, 0.15) is 0 Å². The van der Waals surface area contributed by atoms with Gasteiger partial charge in [-0.25, -0.2) is 0 Å². The molecule has 18 aliphatic rings. The normalized spacial score (nSPS) is 28.2. The van der Waals surface area contributed by atoms with E-state index in [0.29, 0.717) is 0 Å². The minimum atomic E-state index is -5.62. The Hall–Kier alpha value is 5.04. The van der Waals surface area contributed by atoms with E-state index >= 15 is 0 Å². The number of hydrogen-bond donors (Lipinski definition) is 0. The van der Waals surface area contributed by atoms with Gasteiger partial charge in [0, 0.05) is 0 Å². The Morgan fingerprint density at radius 2 is 0.174 bits per heavy atom. The van der Waals surface area contributed by atoms with Gasteiger partial charge in [-0.3, -0.25) is 0 Å². The minimum absolute atomic E-state index is 0.718. The molecule has 30 nitrogen and oxygen atoms in total. The second kappa shape index (κ2) is 45.7. The van der Waals surface area contributed by atoms with Gasteiger partial charge in [0.25, 0.3) is 0 Å². The summed E-state index contributed by atoms with van der Waals surface area (Å²) >= 11 is 22.5. The number of halogens is 18. The van der Waals surface area contributed by atoms with Gasteiger partial charge in [-0.2, -0.15) is 0 Å². The van der Waals surface area contributed by atoms with Crippen LogP contribution in [0.25, 0.3) is 0 Å². The average molecular weight is 2530 g/mol. The molecule has 0 radical (unpaired) electrons. The summed E-state index contributed by atoms with van der Waals surface area (Å²) in [6.07, 6.45) is 34.9. The molecule has 18 aliphatic heterocycles. The summed E-state index contributed by atoms with van der Waals surface area (Å²) in [6.45, 7) is 25.9. The van der Waals surface area contributed by atoms with Gasteiger partial charge >= 0.3 is 831 Å². The van der Waals surface area contributed by atoms with Crippen molar-refractivity contribution in [2.75, 3.05) is 236 Å². The summed E-state index contributed by atoms with van der Waals surface area (Å²) in [7, 11) is -33.7. The first-order chi connectivity index (χ1) is 62.0. The zero-order valence-electron chi connectivity index (χ0n) is 76.0. The van der Waals surface area contributed by atoms with Gasteiger partial charge in [-0.15, -0.1) is 0 Å². The predicted molar refractivity (Wildman–Crippen MR) is 535 cm³/mol. The fourth-order valence-corrected chi connectivity index (χ4v) is 88.0. The van der Waals surface area contributed by atoms with Crippen LogP contribution in [0.1, 0.15) is 231 Å². The third-order valence-electron chi connectivity index (χ3n) is 29.5. The fourth-order valence-electron chi connectivity index (χ4n) is 23.8. The first-order valence-corrected chi connectivity index (χ1v) is 80.9. The van der Waals surface area contributed by atoms with Crippen molar-refractivity contribution < 1.29 is 104 Å². The van der Waals surface area contributed by atoms with Crippen molar-refractivity contribution in [1.29, 1.82) is 0 Å². The van der Waals surface area contributed by atoms with Crippen molar-refractivity contribution in [1.82, 2.24) is 84.1 Å². The molecule has 0 aliphatic carbocycles. The molecule has 0 atom stereocenters. The van der Waals surface area contributed by atoms with E-state index in [2.05, 4.69) is 92.9 Å². The summed E-state index contributed by atoms with van der Waals surface area (Å²) in [5.74, 6) is -23.0. The van der Waals surface area contributed by atoms with Gasteiger partial charge in [0.2, 0.25) is 0 Å². The van der Waals surface area contributed by atoms with Crippen molar-refractivity contribution in [3.05, 3.63) is 0 Å². The monoisotopic (exact) mass is 2530 g/mol. The Morgan fingerprint density at radius 1 is 0.129 bits per heavy atom. The average Bonchev–Trinajstić information content (AvgIpc) is 1.51. The fraction of sp³-hybridized carbons (Fsp3) is 1.00. The third-order valence-corrected chi connectivity index (χ3v) is 96.3. The maximum atomic E-state index is 13.7. The van der Waals surface area contributed by atoms with Crippen LogP contribution in [0.5, 0.6) is 0 Å². The van der Waals surface area contributed by atoms with Crippen LogP contribution in [0.4, 0.5) is 50.4 Å². The summed E-state index contributed by atoms with van der Waals surface area (Å²) in [5.41, 5.74) is 0. The zero-order chi connectivity index (χ0) is 95.2. The molecule has 0 spiro atoms. The molecular formula is C72H144Br6F12N18O12P12. The summed E-state index contributed by atoms with van der Waals surface area (Å²) in [5, 5.41) is 0. The Balaban J connectivity index is 0.000000135. The van der Waals surface area contributed by atoms with Crippen LogP contribution in [0.3, 0.4) is 0 Å². The molecular weight excluding hydrogens is 2390 g/mol. The second-order valence-electron chi connectivity index (χ2n) is 37.7. The molecule has 0 aromatic rings. The third kappa shape index (κ3) is 24.1. The van der Waals surface area contributed by atoms with Crippen LogP contribution in [0.15, 0.2) is 0 Å². The quantitative estimate of drug-likeness (QED) is 0.0482. The van der Waals surface area contributed by atoms with Crippen molar-refractivity contribution in [2.45, 2.75) is 231 Å². The standard InChI is InChI=1S/6C12H24BrF2N3O2P2/c6*13-22(20-21(14,15)19,16-7-1-2-8-16,17-9-3-4-10-17)18-11-5-6-12-18/h6*1-12H2. The van der Waals surface area contributed by atoms with Crippen LogP contribution in [0, 0.1) is 0 Å². The van der Waals surface area contributed by atoms with Gasteiger partial charge in [0.15, 0.2) is 0 Å². The zero-order valence-corrected chi connectivity index (χ0v) is 96.3. The molecule has 780 valence electrons. The van der Waals surface area contributed by atoms with Crippen molar-refractivity contribution in [3.63, 3.8) is 0 Å². The Morgan fingerprint density at radius 3 is 0.212 bits per heavy atom. The Bertz CT molecular complexity index is 3170.